The highest BCUT2D eigenvalue weighted by molar-refractivity contribution is 6.34. The molecular weight excluding hydrogens is 468 g/mol. The molecule has 7 heteroatoms. The first-order valence-corrected chi connectivity index (χ1v) is 12.6. The van der Waals surface area contributed by atoms with Gasteiger partial charge >= 0.3 is 11.9 Å². The van der Waals surface area contributed by atoms with Gasteiger partial charge in [0.25, 0.3) is 0 Å². The lowest BCUT2D eigenvalue weighted by Gasteiger charge is -2.46. The van der Waals surface area contributed by atoms with Gasteiger partial charge in [0.1, 0.15) is 6.61 Å². The second-order valence-corrected chi connectivity index (χ2v) is 9.84. The summed E-state index contributed by atoms with van der Waals surface area (Å²) in [5.74, 6) is -3.63. The predicted molar refractivity (Wildman–Crippen MR) is 140 cm³/mol. The van der Waals surface area contributed by atoms with Crippen LogP contribution in [0.4, 0.5) is 11.4 Å². The lowest BCUT2D eigenvalue weighted by atomic mass is 9.65. The lowest BCUT2D eigenvalue weighted by Crippen LogP contribution is -2.58. The van der Waals surface area contributed by atoms with Crippen molar-refractivity contribution >= 4 is 29.1 Å². The molecule has 1 fully saturated rings. The number of hydrogen-bond acceptors (Lipinski definition) is 6. The third-order valence-corrected chi connectivity index (χ3v) is 7.57. The number of anilines is 2. The van der Waals surface area contributed by atoms with Gasteiger partial charge in [0.2, 0.25) is 5.78 Å². The van der Waals surface area contributed by atoms with Crippen molar-refractivity contribution < 1.29 is 24.2 Å². The minimum Gasteiger partial charge on any atom is -0.479 e. The van der Waals surface area contributed by atoms with Gasteiger partial charge in [-0.2, -0.15) is 0 Å². The van der Waals surface area contributed by atoms with E-state index in [9.17, 15) is 19.5 Å². The molecule has 3 aromatic carbocycles. The average molecular weight is 499 g/mol. The maximum atomic E-state index is 13.3. The van der Waals surface area contributed by atoms with Crippen molar-refractivity contribution in [2.24, 2.45) is 5.92 Å². The van der Waals surface area contributed by atoms with E-state index in [4.69, 9.17) is 4.74 Å². The highest BCUT2D eigenvalue weighted by Gasteiger charge is 2.56. The number of fused-ring (bicyclic) bond motifs is 2. The Hall–Kier alpha value is -4.13. The Morgan fingerprint density at radius 1 is 0.919 bits per heavy atom. The summed E-state index contributed by atoms with van der Waals surface area (Å²) in [5.41, 5.74) is 1.27. The van der Waals surface area contributed by atoms with Crippen LogP contribution in [0.5, 0.6) is 0 Å². The van der Waals surface area contributed by atoms with E-state index in [2.05, 4.69) is 10.6 Å². The molecule has 2 unspecified atom stereocenters. The Morgan fingerprint density at radius 2 is 1.59 bits per heavy atom. The zero-order chi connectivity index (χ0) is 25.8. The van der Waals surface area contributed by atoms with Crippen molar-refractivity contribution in [3.8, 4) is 0 Å². The zero-order valence-corrected chi connectivity index (χ0v) is 20.4. The summed E-state index contributed by atoms with van der Waals surface area (Å²) in [7, 11) is 0. The van der Waals surface area contributed by atoms with Crippen LogP contribution in [0.1, 0.15) is 42.7 Å². The normalized spacial score (nSPS) is 21.5. The molecule has 0 aromatic heterocycles. The van der Waals surface area contributed by atoms with Gasteiger partial charge in [0, 0.05) is 23.3 Å². The first kappa shape index (κ1) is 24.6. The number of ketones is 1. The van der Waals surface area contributed by atoms with E-state index in [1.54, 1.807) is 36.4 Å². The van der Waals surface area contributed by atoms with Gasteiger partial charge in [-0.1, -0.05) is 73.2 Å². The quantitative estimate of drug-likeness (QED) is 0.282. The number of carboxylic acids is 1. The molecule has 3 N–H and O–H groups in total. The molecule has 0 radical (unpaired) electrons. The van der Waals surface area contributed by atoms with Crippen LogP contribution < -0.4 is 10.6 Å². The lowest BCUT2D eigenvalue weighted by molar-refractivity contribution is -0.157. The molecule has 4 atom stereocenters. The molecule has 1 heterocycles. The van der Waals surface area contributed by atoms with Crippen LogP contribution in [0.2, 0.25) is 0 Å². The number of carboxylic acid groups (broad SMARTS) is 1. The number of nitrogens with one attached hydrogen (secondary N) is 2. The van der Waals surface area contributed by atoms with Gasteiger partial charge < -0.3 is 20.5 Å². The summed E-state index contributed by atoms with van der Waals surface area (Å²) >= 11 is 0. The number of esters is 1. The summed E-state index contributed by atoms with van der Waals surface area (Å²) in [4.78, 5) is 39.4. The van der Waals surface area contributed by atoms with E-state index in [1.807, 2.05) is 48.5 Å². The molecule has 3 aromatic rings. The minimum atomic E-state index is -1.75. The van der Waals surface area contributed by atoms with Crippen LogP contribution in [-0.2, 0) is 25.7 Å². The Bertz CT molecular complexity index is 1280. The molecule has 190 valence electrons. The second-order valence-electron chi connectivity index (χ2n) is 9.84. The average Bonchev–Trinajstić information content (AvgIpc) is 3.39. The van der Waals surface area contributed by atoms with E-state index in [1.165, 1.54) is 0 Å². The van der Waals surface area contributed by atoms with Crippen molar-refractivity contribution in [2.75, 3.05) is 10.6 Å². The number of ether oxygens (including phenoxy) is 1. The fourth-order valence-electron chi connectivity index (χ4n) is 5.93. The molecule has 0 bridgehead atoms. The van der Waals surface area contributed by atoms with E-state index in [-0.39, 0.29) is 18.6 Å². The van der Waals surface area contributed by atoms with Gasteiger partial charge in [-0.05, 0) is 48.1 Å². The van der Waals surface area contributed by atoms with E-state index < -0.39 is 35.6 Å². The van der Waals surface area contributed by atoms with E-state index >= 15 is 0 Å². The molecule has 0 saturated heterocycles. The molecule has 1 aliphatic heterocycles. The van der Waals surface area contributed by atoms with Gasteiger partial charge in [-0.3, -0.25) is 4.79 Å². The smallest absolute Gasteiger partial charge is 0.375 e. The van der Waals surface area contributed by atoms with Crippen LogP contribution in [0, 0.1) is 5.92 Å². The van der Waals surface area contributed by atoms with Gasteiger partial charge in [-0.15, -0.1) is 0 Å². The Morgan fingerprint density at radius 3 is 2.32 bits per heavy atom. The number of benzene rings is 3. The molecule has 5 rings (SSSR count). The number of hydrogen-bond donors (Lipinski definition) is 3. The van der Waals surface area contributed by atoms with Crippen LogP contribution in [-0.4, -0.2) is 34.4 Å². The summed E-state index contributed by atoms with van der Waals surface area (Å²) < 4.78 is 5.29. The molecule has 1 aliphatic carbocycles. The maximum absolute atomic E-state index is 13.3. The third-order valence-electron chi connectivity index (χ3n) is 7.57. The van der Waals surface area contributed by atoms with Gasteiger partial charge in [0.15, 0.2) is 5.54 Å². The zero-order valence-electron chi connectivity index (χ0n) is 20.4. The standard InChI is InChI=1S/C30H30N2O5/c33-26(28(34)37-19-20-10-3-1-4-11-20)18-30(29(35)36,32-21-12-5-2-6-13-21)27-22-14-7-8-16-24(22)31-25-17-9-15-23(25)27/h1-8,10-14,16,23,25,27,31-32H,9,15,17-19H2,(H,35,36)/t23-,25+,27?,30?/m0/s1. The monoisotopic (exact) mass is 498 g/mol. The Balaban J connectivity index is 1.52. The fourth-order valence-corrected chi connectivity index (χ4v) is 5.93. The van der Waals surface area contributed by atoms with E-state index in [0.717, 1.165) is 36.1 Å². The van der Waals surface area contributed by atoms with Gasteiger partial charge in [-0.25, -0.2) is 9.59 Å². The number of carbonyl (C=O) groups is 3. The maximum Gasteiger partial charge on any atom is 0.375 e. The van der Waals surface area contributed by atoms with Crippen LogP contribution in [0.25, 0.3) is 0 Å². The summed E-state index contributed by atoms with van der Waals surface area (Å²) in [6.07, 6.45) is 2.17. The topological polar surface area (TPSA) is 105 Å². The van der Waals surface area contributed by atoms with Crippen LogP contribution in [0.3, 0.4) is 0 Å². The molecule has 37 heavy (non-hydrogen) atoms. The largest absolute Gasteiger partial charge is 0.479 e. The molecule has 0 amide bonds. The van der Waals surface area contributed by atoms with Crippen molar-refractivity contribution in [3.05, 3.63) is 96.1 Å². The number of aliphatic carboxylic acids is 1. The third kappa shape index (κ3) is 4.94. The van der Waals surface area contributed by atoms with Gasteiger partial charge in [0.05, 0.1) is 6.42 Å². The number of rotatable bonds is 9. The minimum absolute atomic E-state index is 0.0182. The Kier molecular flexibility index (Phi) is 6.95. The van der Waals surface area contributed by atoms with Crippen molar-refractivity contribution in [1.82, 2.24) is 0 Å². The fraction of sp³-hybridized carbons (Fsp3) is 0.300. The van der Waals surface area contributed by atoms with E-state index in [0.29, 0.717) is 5.69 Å². The van der Waals surface area contributed by atoms with Crippen molar-refractivity contribution in [2.45, 2.75) is 49.8 Å². The second kappa shape index (κ2) is 10.5. The van der Waals surface area contributed by atoms with Crippen LogP contribution in [0.15, 0.2) is 84.9 Å². The Labute approximate surface area is 215 Å². The number of carbonyl (C=O) groups excluding carboxylic acids is 2. The number of Topliss-reactive ketones (excluding diaryl/α,β-unsaturated/α-hetero) is 1. The number of para-hydroxylation sites is 2. The summed E-state index contributed by atoms with van der Waals surface area (Å²) in [6, 6.07) is 25.8. The first-order valence-electron chi connectivity index (χ1n) is 12.6. The SMILES string of the molecule is O=C(CC(Nc1ccccc1)(C(=O)O)C1c2ccccc2N[C@@H]2CCC[C@H]12)C(=O)OCc1ccccc1. The summed E-state index contributed by atoms with van der Waals surface area (Å²) in [6.45, 7) is -0.0571. The summed E-state index contributed by atoms with van der Waals surface area (Å²) in [5, 5.41) is 17.6. The molecule has 1 saturated carbocycles. The molecule has 0 spiro atoms. The van der Waals surface area contributed by atoms with Crippen molar-refractivity contribution in [1.29, 1.82) is 0 Å². The molecule has 2 aliphatic rings. The molecular formula is C30H30N2O5. The predicted octanol–water partition coefficient (Wildman–Crippen LogP) is 5.00. The highest BCUT2D eigenvalue weighted by atomic mass is 16.5. The first-order chi connectivity index (χ1) is 18.0. The van der Waals surface area contributed by atoms with Crippen LogP contribution >= 0.6 is 0 Å². The van der Waals surface area contributed by atoms with Crippen molar-refractivity contribution in [3.63, 3.8) is 0 Å². The highest BCUT2D eigenvalue weighted by Crippen LogP contribution is 2.52. The molecule has 7 nitrogen and oxygen atoms in total.